The molecule has 0 aliphatic heterocycles. The molecule has 0 spiro atoms. The Labute approximate surface area is 319 Å². The van der Waals surface area contributed by atoms with Crippen LogP contribution in [0.2, 0.25) is 0 Å². The molecule has 1 aliphatic carbocycles. The standard InChI is InChI=1S/C46H56O8/c1-7-11-15-19-35(47)51-43-31-25-23-29(5)27-33(31)45(53-37(49)21-17-13-9-3)41-39(43)42-40(41)44(52-36(48)20-16-12-8-2)32-26-24-30(6)28-34(32)46(42)54-38(50)22-18-14-10-4/h23-28H,7-22H2,1-6H3. The van der Waals surface area contributed by atoms with Crippen LogP contribution in [0.1, 0.15) is 142 Å². The molecule has 1 aliphatic rings. The molecule has 8 nitrogen and oxygen atoms in total. The Hall–Kier alpha value is -4.72. The number of aryl methyl sites for hydroxylation is 2. The number of ether oxygens (including phenoxy) is 4. The van der Waals surface area contributed by atoms with Gasteiger partial charge in [0.15, 0.2) is 0 Å². The Morgan fingerprint density at radius 2 is 0.648 bits per heavy atom. The molecule has 5 rings (SSSR count). The van der Waals surface area contributed by atoms with Crippen LogP contribution in [0.4, 0.5) is 0 Å². The summed E-state index contributed by atoms with van der Waals surface area (Å²) in [6.45, 7) is 12.2. The molecule has 0 heterocycles. The molecule has 0 aromatic heterocycles. The molecule has 0 saturated heterocycles. The molecule has 0 unspecified atom stereocenters. The first-order valence-electron chi connectivity index (χ1n) is 20.2. The van der Waals surface area contributed by atoms with E-state index in [1.807, 2.05) is 50.2 Å². The van der Waals surface area contributed by atoms with Gasteiger partial charge in [-0.05, 0) is 51.7 Å². The first-order valence-corrected chi connectivity index (χ1v) is 20.2. The number of carbonyl (C=O) groups is 4. The highest BCUT2D eigenvalue weighted by atomic mass is 16.6. The molecular formula is C46H56O8. The quantitative estimate of drug-likeness (QED) is 0.0442. The van der Waals surface area contributed by atoms with E-state index in [2.05, 4.69) is 27.7 Å². The summed E-state index contributed by atoms with van der Waals surface area (Å²) >= 11 is 0. The number of hydrogen-bond acceptors (Lipinski definition) is 8. The number of carbonyl (C=O) groups excluding carboxylic acids is 4. The minimum absolute atomic E-state index is 0.230. The summed E-state index contributed by atoms with van der Waals surface area (Å²) in [5, 5.41) is 2.38. The van der Waals surface area contributed by atoms with Crippen LogP contribution in [-0.4, -0.2) is 23.9 Å². The van der Waals surface area contributed by atoms with Gasteiger partial charge >= 0.3 is 23.9 Å². The van der Waals surface area contributed by atoms with Gasteiger partial charge in [-0.25, -0.2) is 0 Å². The van der Waals surface area contributed by atoms with Gasteiger partial charge in [0, 0.05) is 69.5 Å². The number of fused-ring (bicyclic) bond motifs is 6. The minimum Gasteiger partial charge on any atom is -0.425 e. The predicted octanol–water partition coefficient (Wildman–Crippen LogP) is 12.2. The lowest BCUT2D eigenvalue weighted by Crippen LogP contribution is -2.18. The van der Waals surface area contributed by atoms with E-state index in [0.29, 0.717) is 92.5 Å². The molecular weight excluding hydrogens is 680 g/mol. The zero-order chi connectivity index (χ0) is 38.8. The molecule has 0 fully saturated rings. The van der Waals surface area contributed by atoms with Crippen molar-refractivity contribution in [3.05, 3.63) is 47.5 Å². The van der Waals surface area contributed by atoms with E-state index in [1.165, 1.54) is 0 Å². The summed E-state index contributed by atoms with van der Waals surface area (Å²) in [7, 11) is 0. The second-order valence-corrected chi connectivity index (χ2v) is 14.6. The van der Waals surface area contributed by atoms with Gasteiger partial charge in [-0.15, -0.1) is 0 Å². The lowest BCUT2D eigenvalue weighted by molar-refractivity contribution is -0.135. The first-order chi connectivity index (χ1) is 26.1. The molecule has 0 amide bonds. The third-order valence-electron chi connectivity index (χ3n) is 10.0. The molecule has 54 heavy (non-hydrogen) atoms. The lowest BCUT2D eigenvalue weighted by Gasteiger charge is -2.34. The fourth-order valence-electron chi connectivity index (χ4n) is 7.13. The molecule has 0 atom stereocenters. The summed E-state index contributed by atoms with van der Waals surface area (Å²) in [6.07, 6.45) is 11.0. The monoisotopic (exact) mass is 736 g/mol. The molecule has 4 aromatic rings. The van der Waals surface area contributed by atoms with Crippen molar-refractivity contribution in [2.45, 2.75) is 144 Å². The maximum Gasteiger partial charge on any atom is 0.311 e. The Morgan fingerprint density at radius 1 is 0.389 bits per heavy atom. The third-order valence-corrected chi connectivity index (χ3v) is 10.0. The summed E-state index contributed by atoms with van der Waals surface area (Å²) < 4.78 is 25.3. The number of esters is 4. The van der Waals surface area contributed by atoms with Gasteiger partial charge in [0.25, 0.3) is 0 Å². The number of hydrogen-bond donors (Lipinski definition) is 0. The highest BCUT2D eigenvalue weighted by Crippen LogP contribution is 2.67. The van der Waals surface area contributed by atoms with E-state index in [9.17, 15) is 19.2 Å². The maximum absolute atomic E-state index is 13.6. The van der Waals surface area contributed by atoms with E-state index in [-0.39, 0.29) is 49.6 Å². The zero-order valence-electron chi connectivity index (χ0n) is 33.0. The van der Waals surface area contributed by atoms with E-state index < -0.39 is 0 Å². The van der Waals surface area contributed by atoms with Crippen LogP contribution in [0.15, 0.2) is 36.4 Å². The van der Waals surface area contributed by atoms with E-state index >= 15 is 0 Å². The highest BCUT2D eigenvalue weighted by molar-refractivity contribution is 6.25. The molecule has 0 N–H and O–H groups in total. The third kappa shape index (κ3) is 9.14. The molecule has 0 saturated carbocycles. The SMILES string of the molecule is CCCCCC(=O)Oc1c2c(c(OC(=O)CCCCC)c3cc(C)ccc13)-c1c-2c(OC(=O)CCCCC)c2cc(C)ccc2c1OC(=O)CCCCC. The average Bonchev–Trinajstić information content (AvgIpc) is 3.12. The van der Waals surface area contributed by atoms with Crippen molar-refractivity contribution in [3.8, 4) is 45.3 Å². The number of rotatable bonds is 20. The predicted molar refractivity (Wildman–Crippen MR) is 214 cm³/mol. The smallest absolute Gasteiger partial charge is 0.311 e. The fraction of sp³-hybridized carbons (Fsp3) is 0.478. The zero-order valence-corrected chi connectivity index (χ0v) is 33.0. The van der Waals surface area contributed by atoms with Gasteiger partial charge in [-0.3, -0.25) is 19.2 Å². The van der Waals surface area contributed by atoms with Crippen molar-refractivity contribution in [1.82, 2.24) is 0 Å². The minimum atomic E-state index is -0.386. The van der Waals surface area contributed by atoms with Crippen LogP contribution in [0, 0.1) is 13.8 Å². The molecule has 0 bridgehead atoms. The lowest BCUT2D eigenvalue weighted by atomic mass is 9.74. The summed E-state index contributed by atoms with van der Waals surface area (Å²) in [6, 6.07) is 11.5. The second-order valence-electron chi connectivity index (χ2n) is 14.6. The summed E-state index contributed by atoms with van der Waals surface area (Å²) in [5.74, 6) is -0.334. The van der Waals surface area contributed by atoms with Gasteiger partial charge in [-0.1, -0.05) is 114 Å². The maximum atomic E-state index is 13.6. The van der Waals surface area contributed by atoms with Crippen LogP contribution in [0.5, 0.6) is 23.0 Å². The normalized spacial score (nSPS) is 11.5. The fourth-order valence-corrected chi connectivity index (χ4v) is 7.13. The largest absolute Gasteiger partial charge is 0.425 e. The molecule has 0 radical (unpaired) electrons. The van der Waals surface area contributed by atoms with Crippen molar-refractivity contribution < 1.29 is 38.1 Å². The molecule has 4 aromatic carbocycles. The van der Waals surface area contributed by atoms with Crippen LogP contribution < -0.4 is 18.9 Å². The van der Waals surface area contributed by atoms with Crippen LogP contribution in [0.3, 0.4) is 0 Å². The van der Waals surface area contributed by atoms with Crippen molar-refractivity contribution in [2.24, 2.45) is 0 Å². The van der Waals surface area contributed by atoms with E-state index in [1.54, 1.807) is 0 Å². The highest BCUT2D eigenvalue weighted by Gasteiger charge is 2.42. The Balaban J connectivity index is 1.83. The van der Waals surface area contributed by atoms with E-state index in [0.717, 1.165) is 62.5 Å². The number of benzene rings is 4. The van der Waals surface area contributed by atoms with Crippen molar-refractivity contribution >= 4 is 45.4 Å². The second kappa shape index (κ2) is 19.0. The van der Waals surface area contributed by atoms with Gasteiger partial charge in [0.05, 0.1) is 0 Å². The number of unbranched alkanes of at least 4 members (excludes halogenated alkanes) is 8. The van der Waals surface area contributed by atoms with Crippen LogP contribution >= 0.6 is 0 Å². The van der Waals surface area contributed by atoms with Crippen LogP contribution in [0.25, 0.3) is 43.8 Å². The molecule has 8 heteroatoms. The van der Waals surface area contributed by atoms with Crippen molar-refractivity contribution in [1.29, 1.82) is 0 Å². The van der Waals surface area contributed by atoms with E-state index in [4.69, 9.17) is 18.9 Å². The average molecular weight is 737 g/mol. The summed E-state index contributed by atoms with van der Waals surface area (Å²) in [4.78, 5) is 54.2. The van der Waals surface area contributed by atoms with Gasteiger partial charge in [0.2, 0.25) is 0 Å². The molecule has 288 valence electrons. The topological polar surface area (TPSA) is 105 Å². The van der Waals surface area contributed by atoms with Crippen molar-refractivity contribution in [3.63, 3.8) is 0 Å². The Kier molecular flexibility index (Phi) is 14.3. The summed E-state index contributed by atoms with van der Waals surface area (Å²) in [5.41, 5.74) is 3.80. The Bertz CT molecular complexity index is 1860. The van der Waals surface area contributed by atoms with Crippen LogP contribution in [-0.2, 0) is 19.2 Å². The van der Waals surface area contributed by atoms with Gasteiger partial charge in [0.1, 0.15) is 23.0 Å². The first kappa shape index (κ1) is 40.5. The van der Waals surface area contributed by atoms with Crippen molar-refractivity contribution in [2.75, 3.05) is 0 Å². The van der Waals surface area contributed by atoms with Gasteiger partial charge in [-0.2, -0.15) is 0 Å². The van der Waals surface area contributed by atoms with Gasteiger partial charge < -0.3 is 18.9 Å². The Morgan fingerprint density at radius 3 is 0.907 bits per heavy atom.